The lowest BCUT2D eigenvalue weighted by Gasteiger charge is -2.47. The monoisotopic (exact) mass is 533 g/mol. The highest BCUT2D eigenvalue weighted by molar-refractivity contribution is 5.85. The first-order chi connectivity index (χ1) is 18.4. The molecule has 3 aliphatic rings. The van der Waals surface area contributed by atoms with Gasteiger partial charge in [-0.1, -0.05) is 12.1 Å². The highest BCUT2D eigenvalue weighted by Gasteiger charge is 2.47. The topological polar surface area (TPSA) is 71.6 Å². The summed E-state index contributed by atoms with van der Waals surface area (Å²) in [6.07, 6.45) is 3.50. The van der Waals surface area contributed by atoms with E-state index in [1.807, 2.05) is 15.9 Å². The number of piperidine rings is 3. The second kappa shape index (κ2) is 13.3. The lowest BCUT2D eigenvalue weighted by atomic mass is 9.71. The number of hydrogen-bond acceptors (Lipinski definition) is 6. The Morgan fingerprint density at radius 2 is 1.37 bits per heavy atom. The van der Waals surface area contributed by atoms with Gasteiger partial charge in [0.2, 0.25) is 11.8 Å². The van der Waals surface area contributed by atoms with E-state index in [0.717, 1.165) is 31.2 Å². The van der Waals surface area contributed by atoms with E-state index in [-0.39, 0.29) is 29.8 Å². The number of carbonyl (C=O) groups excluding carboxylic acids is 2. The molecular weight excluding hydrogens is 489 g/mol. The van der Waals surface area contributed by atoms with Gasteiger partial charge in [0.15, 0.2) is 0 Å². The molecule has 0 saturated carbocycles. The number of likely N-dealkylation sites (tertiary alicyclic amines) is 3. The Hall–Kier alpha value is -2.07. The molecule has 4 rings (SSSR count). The zero-order chi connectivity index (χ0) is 27.2. The van der Waals surface area contributed by atoms with Gasteiger partial charge in [0.25, 0.3) is 0 Å². The normalized spacial score (nSPS) is 26.1. The molecule has 0 aliphatic carbocycles. The zero-order valence-corrected chi connectivity index (χ0v) is 23.4. The van der Waals surface area contributed by atoms with E-state index in [1.165, 1.54) is 6.07 Å². The quantitative estimate of drug-likeness (QED) is 0.512. The fourth-order valence-electron chi connectivity index (χ4n) is 6.52. The number of rotatable bonds is 8. The number of hydrogen-bond donors (Lipinski definition) is 0. The highest BCUT2D eigenvalue weighted by Crippen LogP contribution is 2.42. The fourth-order valence-corrected chi connectivity index (χ4v) is 6.52. The standard InChI is InChI=1S/C29H44FN3O5/c1-20-23(6-5-7-26(20)30)27-24(28(34)32-12-8-21(37-3)9-13-32)18-31(16-17-36-2)19-25(27)29(35)33-14-10-22(38-4)11-15-33/h5-7,21-22,24-25,27H,8-19H2,1-4H3/t24-,25+,27?. The van der Waals surface area contributed by atoms with Crippen molar-refractivity contribution in [2.45, 2.75) is 50.7 Å². The number of amides is 2. The van der Waals surface area contributed by atoms with E-state index in [2.05, 4.69) is 4.90 Å². The molecule has 0 aromatic heterocycles. The van der Waals surface area contributed by atoms with E-state index >= 15 is 0 Å². The third kappa shape index (κ3) is 6.38. The van der Waals surface area contributed by atoms with Crippen LogP contribution in [0.25, 0.3) is 0 Å². The van der Waals surface area contributed by atoms with Crippen LogP contribution >= 0.6 is 0 Å². The van der Waals surface area contributed by atoms with Crippen LogP contribution in [0.1, 0.15) is 42.7 Å². The first kappa shape index (κ1) is 28.9. The maximum absolute atomic E-state index is 14.9. The van der Waals surface area contributed by atoms with Crippen LogP contribution in [0.2, 0.25) is 0 Å². The molecule has 1 unspecified atom stereocenters. The summed E-state index contributed by atoms with van der Waals surface area (Å²) in [5.74, 6) is -1.51. The third-order valence-corrected chi connectivity index (χ3v) is 8.87. The van der Waals surface area contributed by atoms with Gasteiger partial charge < -0.3 is 24.0 Å². The van der Waals surface area contributed by atoms with E-state index in [1.54, 1.807) is 34.3 Å². The number of benzene rings is 1. The van der Waals surface area contributed by atoms with E-state index < -0.39 is 17.8 Å². The Bertz CT molecular complexity index is 900. The van der Waals surface area contributed by atoms with Crippen LogP contribution in [-0.4, -0.2) is 112 Å². The average Bonchev–Trinajstić information content (AvgIpc) is 2.96. The van der Waals surface area contributed by atoms with Gasteiger partial charge in [0.1, 0.15) is 5.82 Å². The van der Waals surface area contributed by atoms with Gasteiger partial charge in [-0.2, -0.15) is 0 Å². The summed E-state index contributed by atoms with van der Waals surface area (Å²) in [6, 6.07) is 5.06. The molecule has 0 radical (unpaired) electrons. The minimum absolute atomic E-state index is 0.0474. The van der Waals surface area contributed by atoms with Crippen LogP contribution in [-0.2, 0) is 23.8 Å². The predicted octanol–water partition coefficient (Wildman–Crippen LogP) is 2.69. The summed E-state index contributed by atoms with van der Waals surface area (Å²) in [5, 5.41) is 0. The number of carbonyl (C=O) groups is 2. The van der Waals surface area contributed by atoms with Gasteiger partial charge in [-0.25, -0.2) is 4.39 Å². The molecule has 0 bridgehead atoms. The summed E-state index contributed by atoms with van der Waals surface area (Å²) >= 11 is 0. The summed E-state index contributed by atoms with van der Waals surface area (Å²) in [4.78, 5) is 34.4. The van der Waals surface area contributed by atoms with Crippen molar-refractivity contribution in [2.75, 3.05) is 73.7 Å². The molecule has 9 heteroatoms. The molecule has 3 fully saturated rings. The second-order valence-corrected chi connectivity index (χ2v) is 11.0. The van der Waals surface area contributed by atoms with Crippen molar-refractivity contribution in [3.05, 3.63) is 35.1 Å². The molecular formula is C29H44FN3O5. The summed E-state index contributed by atoms with van der Waals surface area (Å²) in [5.41, 5.74) is 1.29. The first-order valence-corrected chi connectivity index (χ1v) is 14.0. The van der Waals surface area contributed by atoms with Crippen molar-refractivity contribution in [1.82, 2.24) is 14.7 Å². The summed E-state index contributed by atoms with van der Waals surface area (Å²) in [6.45, 7) is 6.46. The molecule has 3 heterocycles. The van der Waals surface area contributed by atoms with Crippen LogP contribution in [0.3, 0.4) is 0 Å². The van der Waals surface area contributed by atoms with Gasteiger partial charge in [-0.05, 0) is 49.8 Å². The second-order valence-electron chi connectivity index (χ2n) is 11.0. The maximum atomic E-state index is 14.9. The molecule has 3 atom stereocenters. The number of ether oxygens (including phenoxy) is 3. The lowest BCUT2D eigenvalue weighted by molar-refractivity contribution is -0.147. The molecule has 2 amide bonds. The van der Waals surface area contributed by atoms with Crippen LogP contribution in [0.4, 0.5) is 4.39 Å². The molecule has 0 N–H and O–H groups in total. The van der Waals surface area contributed by atoms with Crippen LogP contribution in [0.15, 0.2) is 18.2 Å². The van der Waals surface area contributed by atoms with E-state index in [9.17, 15) is 14.0 Å². The van der Waals surface area contributed by atoms with Gasteiger partial charge >= 0.3 is 0 Å². The zero-order valence-electron chi connectivity index (χ0n) is 23.4. The van der Waals surface area contributed by atoms with Crippen molar-refractivity contribution >= 4 is 11.8 Å². The van der Waals surface area contributed by atoms with Gasteiger partial charge in [0, 0.05) is 73.1 Å². The highest BCUT2D eigenvalue weighted by atomic mass is 19.1. The largest absolute Gasteiger partial charge is 0.383 e. The maximum Gasteiger partial charge on any atom is 0.227 e. The molecule has 38 heavy (non-hydrogen) atoms. The van der Waals surface area contributed by atoms with E-state index in [0.29, 0.717) is 58.0 Å². The molecule has 212 valence electrons. The molecule has 1 aromatic carbocycles. The smallest absolute Gasteiger partial charge is 0.227 e. The van der Waals surface area contributed by atoms with Gasteiger partial charge in [-0.3, -0.25) is 14.5 Å². The molecule has 0 spiro atoms. The first-order valence-electron chi connectivity index (χ1n) is 14.0. The van der Waals surface area contributed by atoms with Crippen LogP contribution in [0, 0.1) is 24.6 Å². The Morgan fingerprint density at radius 3 is 1.82 bits per heavy atom. The summed E-state index contributed by atoms with van der Waals surface area (Å²) in [7, 11) is 5.09. The summed E-state index contributed by atoms with van der Waals surface area (Å²) < 4.78 is 31.2. The minimum Gasteiger partial charge on any atom is -0.383 e. The number of halogens is 1. The Balaban J connectivity index is 1.68. The SMILES string of the molecule is COCCN1C[C@H](C(=O)N2CCC(OC)CC2)C(c2cccc(F)c2C)[C@H](C(=O)N2CCC(OC)CC2)C1. The van der Waals surface area contributed by atoms with Crippen molar-refractivity contribution in [3.63, 3.8) is 0 Å². The van der Waals surface area contributed by atoms with Crippen LogP contribution in [0.5, 0.6) is 0 Å². The number of methoxy groups -OCH3 is 3. The molecule has 1 aromatic rings. The minimum atomic E-state index is -0.453. The van der Waals surface area contributed by atoms with Gasteiger partial charge in [-0.15, -0.1) is 0 Å². The van der Waals surface area contributed by atoms with Crippen LogP contribution < -0.4 is 0 Å². The predicted molar refractivity (Wildman–Crippen MR) is 142 cm³/mol. The Labute approximate surface area is 226 Å². The Morgan fingerprint density at radius 1 is 0.868 bits per heavy atom. The molecule has 3 saturated heterocycles. The third-order valence-electron chi connectivity index (χ3n) is 8.87. The number of nitrogens with zero attached hydrogens (tertiary/aromatic N) is 3. The Kier molecular flexibility index (Phi) is 10.1. The van der Waals surface area contributed by atoms with Gasteiger partial charge in [0.05, 0.1) is 30.7 Å². The van der Waals surface area contributed by atoms with Crippen molar-refractivity contribution in [2.24, 2.45) is 11.8 Å². The van der Waals surface area contributed by atoms with Crippen molar-refractivity contribution < 1.29 is 28.2 Å². The van der Waals surface area contributed by atoms with Crippen molar-refractivity contribution in [1.29, 1.82) is 0 Å². The molecule has 8 nitrogen and oxygen atoms in total. The average molecular weight is 534 g/mol. The molecule has 3 aliphatic heterocycles. The fraction of sp³-hybridized carbons (Fsp3) is 0.724. The lowest BCUT2D eigenvalue weighted by Crippen LogP contribution is -2.57. The van der Waals surface area contributed by atoms with E-state index in [4.69, 9.17) is 14.2 Å². The van der Waals surface area contributed by atoms with Crippen molar-refractivity contribution in [3.8, 4) is 0 Å².